The zero-order valence-electron chi connectivity index (χ0n) is 15.4. The average Bonchev–Trinajstić information content (AvgIpc) is 3.64. The summed E-state index contributed by atoms with van der Waals surface area (Å²) in [7, 11) is 0. The lowest BCUT2D eigenvalue weighted by molar-refractivity contribution is -0.166. The summed E-state index contributed by atoms with van der Waals surface area (Å²) in [6.07, 6.45) is -4.65. The number of carbonyl (C=O) groups excluding carboxylic acids is 2. The molecule has 0 bridgehead atoms. The van der Waals surface area contributed by atoms with E-state index in [1.54, 1.807) is 12.1 Å². The van der Waals surface area contributed by atoms with Crippen molar-refractivity contribution >= 4 is 11.9 Å². The number of esters is 2. The fourth-order valence-electron chi connectivity index (χ4n) is 2.70. The Morgan fingerprint density at radius 2 is 1.23 bits per heavy atom. The van der Waals surface area contributed by atoms with E-state index in [-0.39, 0.29) is 16.7 Å². The molecule has 0 atom stereocenters. The second kappa shape index (κ2) is 6.71. The van der Waals surface area contributed by atoms with Crippen molar-refractivity contribution in [2.45, 2.75) is 24.4 Å². The Bertz CT molecular complexity index is 1050. The summed E-state index contributed by atoms with van der Waals surface area (Å²) < 4.78 is 48.6. The van der Waals surface area contributed by atoms with E-state index >= 15 is 0 Å². The normalized spacial score (nSPS) is 17.3. The van der Waals surface area contributed by atoms with Crippen LogP contribution in [0, 0.1) is 0 Å². The predicted molar refractivity (Wildman–Crippen MR) is 93.4 cm³/mol. The number of ether oxygens (including phenoxy) is 2. The number of alkyl halides is 3. The van der Waals surface area contributed by atoms with Gasteiger partial charge in [-0.3, -0.25) is 0 Å². The van der Waals surface area contributed by atoms with Crippen LogP contribution in [0.5, 0.6) is 0 Å². The molecule has 0 N–H and O–H groups in total. The Balaban J connectivity index is 1.29. The molecule has 0 aromatic heterocycles. The second-order valence-corrected chi connectivity index (χ2v) is 6.73. The van der Waals surface area contributed by atoms with Gasteiger partial charge in [0, 0.05) is 11.1 Å². The molecule has 0 saturated carbocycles. The zero-order chi connectivity index (χ0) is 21.6. The third-order valence-corrected chi connectivity index (χ3v) is 4.67. The number of hydrogen-bond donors (Lipinski definition) is 0. The first-order valence-corrected chi connectivity index (χ1v) is 8.65. The lowest BCUT2D eigenvalue weighted by Crippen LogP contribution is -2.30. The number of halogens is 3. The Morgan fingerprint density at radius 1 is 0.800 bits per heavy atom. The number of rotatable bonds is 6. The molecule has 2 aromatic carbocycles. The Morgan fingerprint density at radius 3 is 1.60 bits per heavy atom. The van der Waals surface area contributed by atoms with Crippen LogP contribution in [-0.4, -0.2) is 24.9 Å². The van der Waals surface area contributed by atoms with Crippen LogP contribution in [0.25, 0.3) is 0 Å². The van der Waals surface area contributed by atoms with Gasteiger partial charge < -0.3 is 9.47 Å². The van der Waals surface area contributed by atoms with Crippen LogP contribution in [-0.2, 0) is 20.8 Å². The van der Waals surface area contributed by atoms with Crippen molar-refractivity contribution in [3.8, 4) is 0 Å². The maximum absolute atomic E-state index is 13.0. The van der Waals surface area contributed by atoms with Gasteiger partial charge in [0.1, 0.15) is 0 Å². The molecule has 0 spiro atoms. The van der Waals surface area contributed by atoms with Gasteiger partial charge in [-0.1, -0.05) is 24.3 Å². The van der Waals surface area contributed by atoms with Gasteiger partial charge in [-0.15, -0.1) is 10.2 Å². The minimum Gasteiger partial charge on any atom is -0.424 e. The summed E-state index contributed by atoms with van der Waals surface area (Å²) in [6.45, 7) is 1.17. The lowest BCUT2D eigenvalue weighted by Gasteiger charge is -2.14. The summed E-state index contributed by atoms with van der Waals surface area (Å²) in [6, 6.07) is 11.0. The SMILES string of the molecule is CC1(c2ccc(C(=O)OCOC(=O)c3ccc(C4(C(F)(F)F)N=N4)cc3)cc2)N=N1. The highest BCUT2D eigenvalue weighted by Crippen LogP contribution is 2.52. The molecular weight excluding hydrogens is 405 g/mol. The highest BCUT2D eigenvalue weighted by atomic mass is 19.4. The topological polar surface area (TPSA) is 102 Å². The minimum absolute atomic E-state index is 0.0118. The van der Waals surface area contributed by atoms with Crippen LogP contribution >= 0.6 is 0 Å². The molecule has 2 aliphatic heterocycles. The lowest BCUT2D eigenvalue weighted by atomic mass is 10.0. The first-order chi connectivity index (χ1) is 14.1. The van der Waals surface area contributed by atoms with Crippen molar-refractivity contribution in [2.75, 3.05) is 6.79 Å². The maximum Gasteiger partial charge on any atom is 0.442 e. The number of nitrogens with zero attached hydrogens (tertiary/aromatic N) is 4. The van der Waals surface area contributed by atoms with Gasteiger partial charge in [0.25, 0.3) is 0 Å². The van der Waals surface area contributed by atoms with E-state index in [0.29, 0.717) is 0 Å². The molecule has 2 aromatic rings. The Hall–Kier alpha value is -3.63. The fraction of sp³-hybridized carbons (Fsp3) is 0.263. The molecule has 0 saturated heterocycles. The van der Waals surface area contributed by atoms with E-state index in [1.807, 2.05) is 6.92 Å². The van der Waals surface area contributed by atoms with Crippen LogP contribution in [0.2, 0.25) is 0 Å². The molecule has 0 aliphatic carbocycles. The number of hydrogen-bond acceptors (Lipinski definition) is 8. The van der Waals surface area contributed by atoms with Gasteiger partial charge in [0.05, 0.1) is 11.1 Å². The first kappa shape index (κ1) is 19.7. The monoisotopic (exact) mass is 418 g/mol. The van der Waals surface area contributed by atoms with Crippen molar-refractivity contribution in [2.24, 2.45) is 20.5 Å². The number of benzene rings is 2. The molecule has 2 heterocycles. The van der Waals surface area contributed by atoms with E-state index in [9.17, 15) is 22.8 Å². The highest BCUT2D eigenvalue weighted by molar-refractivity contribution is 5.90. The van der Waals surface area contributed by atoms with Gasteiger partial charge in [0.2, 0.25) is 12.5 Å². The molecule has 11 heteroatoms. The summed E-state index contributed by atoms with van der Waals surface area (Å²) in [5.74, 6) is -1.57. The van der Waals surface area contributed by atoms with E-state index in [2.05, 4.69) is 20.5 Å². The van der Waals surface area contributed by atoms with Gasteiger partial charge in [-0.25, -0.2) is 9.59 Å². The molecule has 0 fully saturated rings. The standard InChI is InChI=1S/C19H13F3N4O4/c1-17(23-24-17)13-6-2-11(3-7-13)15(27)29-10-30-16(28)12-4-8-14(9-5-12)18(25-26-18)19(20,21)22/h2-9H,10H2,1H3. The van der Waals surface area contributed by atoms with E-state index in [4.69, 9.17) is 9.47 Å². The average molecular weight is 418 g/mol. The summed E-state index contributed by atoms with van der Waals surface area (Å²) in [5, 5.41) is 14.0. The van der Waals surface area contributed by atoms with Crippen molar-refractivity contribution in [1.82, 2.24) is 0 Å². The summed E-state index contributed by atoms with van der Waals surface area (Å²) in [5.41, 5.74) is -2.26. The smallest absolute Gasteiger partial charge is 0.424 e. The van der Waals surface area contributed by atoms with Gasteiger partial charge in [0.15, 0.2) is 0 Å². The van der Waals surface area contributed by atoms with Gasteiger partial charge in [-0.2, -0.15) is 23.4 Å². The van der Waals surface area contributed by atoms with Crippen molar-refractivity contribution in [3.63, 3.8) is 0 Å². The molecule has 0 radical (unpaired) electrons. The van der Waals surface area contributed by atoms with Gasteiger partial charge in [-0.05, 0) is 31.2 Å². The van der Waals surface area contributed by atoms with Crippen molar-refractivity contribution in [3.05, 3.63) is 70.8 Å². The second-order valence-electron chi connectivity index (χ2n) is 6.73. The van der Waals surface area contributed by atoms with Crippen LogP contribution < -0.4 is 0 Å². The van der Waals surface area contributed by atoms with Crippen LogP contribution in [0.15, 0.2) is 69.0 Å². The van der Waals surface area contributed by atoms with Gasteiger partial charge >= 0.3 is 23.8 Å². The third-order valence-electron chi connectivity index (χ3n) is 4.67. The van der Waals surface area contributed by atoms with E-state index in [1.165, 1.54) is 12.1 Å². The molecule has 4 rings (SSSR count). The van der Waals surface area contributed by atoms with Crippen molar-refractivity contribution in [1.29, 1.82) is 0 Å². The molecule has 154 valence electrons. The predicted octanol–water partition coefficient (Wildman–Crippen LogP) is 4.48. The fourth-order valence-corrected chi connectivity index (χ4v) is 2.70. The van der Waals surface area contributed by atoms with E-state index in [0.717, 1.165) is 29.8 Å². The molecule has 0 unspecified atom stereocenters. The van der Waals surface area contributed by atoms with Crippen LogP contribution in [0.1, 0.15) is 38.8 Å². The molecular formula is C19H13F3N4O4. The molecule has 8 nitrogen and oxygen atoms in total. The summed E-state index contributed by atoms with van der Waals surface area (Å²) >= 11 is 0. The molecule has 30 heavy (non-hydrogen) atoms. The summed E-state index contributed by atoms with van der Waals surface area (Å²) in [4.78, 5) is 24.0. The largest absolute Gasteiger partial charge is 0.442 e. The van der Waals surface area contributed by atoms with Crippen molar-refractivity contribution < 1.29 is 32.2 Å². The zero-order valence-corrected chi connectivity index (χ0v) is 15.4. The Labute approximate surface area is 167 Å². The minimum atomic E-state index is -4.65. The third kappa shape index (κ3) is 3.53. The quantitative estimate of drug-likeness (QED) is 0.510. The van der Waals surface area contributed by atoms with E-state index < -0.39 is 36.2 Å². The number of carbonyl (C=O) groups is 2. The maximum atomic E-state index is 13.0. The Kier molecular flexibility index (Phi) is 4.40. The van der Waals surface area contributed by atoms with Crippen LogP contribution in [0.3, 0.4) is 0 Å². The highest BCUT2D eigenvalue weighted by Gasteiger charge is 2.65. The van der Waals surface area contributed by atoms with Crippen LogP contribution in [0.4, 0.5) is 13.2 Å². The molecule has 2 aliphatic rings. The molecule has 0 amide bonds. The first-order valence-electron chi connectivity index (χ1n) is 8.65.